The summed E-state index contributed by atoms with van der Waals surface area (Å²) in [6, 6.07) is 3.69. The first-order chi connectivity index (χ1) is 16.3. The molecule has 2 aromatic rings. The molecule has 0 aliphatic carbocycles. The molecular formula is C21H21ClFN5O6. The summed E-state index contributed by atoms with van der Waals surface area (Å²) in [6.45, 7) is 1.72. The predicted molar refractivity (Wildman–Crippen MR) is 119 cm³/mol. The second-order valence-corrected chi connectivity index (χ2v) is 7.98. The standard InChI is InChI=1S/C21H21ClFN5O6/c22-14-10-16(15(23)11-17(14)34-13-1-4-24-18(9-13)26-20(30)31)25-19(29)28-6-5-27(21(28)32)12-2-7-33-8-3-12/h1,4,9-12H,2-3,5-8H2,(H,24,26)(H,25,29)(H,30,31). The maximum atomic E-state index is 14.7. The number of imide groups is 1. The number of hydrogen-bond donors (Lipinski definition) is 3. The van der Waals surface area contributed by atoms with E-state index in [1.54, 1.807) is 4.90 Å². The van der Waals surface area contributed by atoms with Gasteiger partial charge in [-0.25, -0.2) is 28.7 Å². The second kappa shape index (κ2) is 10.1. The fraction of sp³-hybridized carbons (Fsp3) is 0.333. The van der Waals surface area contributed by atoms with Crippen molar-refractivity contribution in [1.29, 1.82) is 0 Å². The third kappa shape index (κ3) is 5.29. The zero-order valence-electron chi connectivity index (χ0n) is 17.8. The molecular weight excluding hydrogens is 473 g/mol. The van der Waals surface area contributed by atoms with Gasteiger partial charge in [-0.2, -0.15) is 0 Å². The maximum absolute atomic E-state index is 14.7. The van der Waals surface area contributed by atoms with Gasteiger partial charge in [0, 0.05) is 50.7 Å². The van der Waals surface area contributed by atoms with Crippen molar-refractivity contribution < 1.29 is 33.4 Å². The first kappa shape index (κ1) is 23.5. The Labute approximate surface area is 198 Å². The maximum Gasteiger partial charge on any atom is 0.410 e. The number of urea groups is 2. The summed E-state index contributed by atoms with van der Waals surface area (Å²) in [5.41, 5.74) is -0.220. The van der Waals surface area contributed by atoms with Crippen LogP contribution >= 0.6 is 11.6 Å². The summed E-state index contributed by atoms with van der Waals surface area (Å²) >= 11 is 6.20. The number of carbonyl (C=O) groups is 3. The minimum atomic E-state index is -1.30. The van der Waals surface area contributed by atoms with Gasteiger partial charge in [-0.1, -0.05) is 11.6 Å². The number of amides is 5. The fourth-order valence-corrected chi connectivity index (χ4v) is 3.95. The van der Waals surface area contributed by atoms with Gasteiger partial charge in [-0.15, -0.1) is 0 Å². The first-order valence-corrected chi connectivity index (χ1v) is 10.8. The third-order valence-corrected chi connectivity index (χ3v) is 5.67. The Morgan fingerprint density at radius 3 is 2.71 bits per heavy atom. The molecule has 5 amide bonds. The number of pyridine rings is 1. The lowest BCUT2D eigenvalue weighted by atomic mass is 10.1. The van der Waals surface area contributed by atoms with Gasteiger partial charge < -0.3 is 24.8 Å². The van der Waals surface area contributed by atoms with E-state index >= 15 is 0 Å². The van der Waals surface area contributed by atoms with Crippen LogP contribution in [0.25, 0.3) is 0 Å². The smallest absolute Gasteiger partial charge is 0.410 e. The Hall–Kier alpha value is -3.64. The molecule has 1 aromatic carbocycles. The van der Waals surface area contributed by atoms with Crippen molar-refractivity contribution in [3.05, 3.63) is 41.3 Å². The third-order valence-electron chi connectivity index (χ3n) is 5.38. The van der Waals surface area contributed by atoms with Crippen molar-refractivity contribution in [2.75, 3.05) is 36.9 Å². The normalized spacial score (nSPS) is 16.5. The molecule has 0 unspecified atom stereocenters. The molecule has 2 aliphatic heterocycles. The highest BCUT2D eigenvalue weighted by Gasteiger charge is 2.37. The molecule has 180 valence electrons. The van der Waals surface area contributed by atoms with Gasteiger partial charge in [0.15, 0.2) is 5.82 Å². The molecule has 2 saturated heterocycles. The summed E-state index contributed by atoms with van der Waals surface area (Å²) < 4.78 is 25.6. The molecule has 13 heteroatoms. The van der Waals surface area contributed by atoms with Crippen LogP contribution in [0.4, 0.5) is 30.3 Å². The van der Waals surface area contributed by atoms with E-state index in [2.05, 4.69) is 15.6 Å². The molecule has 0 spiro atoms. The van der Waals surface area contributed by atoms with Crippen molar-refractivity contribution >= 4 is 41.3 Å². The average molecular weight is 494 g/mol. The highest BCUT2D eigenvalue weighted by Crippen LogP contribution is 2.34. The summed E-state index contributed by atoms with van der Waals surface area (Å²) in [6.07, 6.45) is 1.41. The van der Waals surface area contributed by atoms with Gasteiger partial charge in [-0.3, -0.25) is 5.32 Å². The lowest BCUT2D eigenvalue weighted by Crippen LogP contribution is -2.44. The Balaban J connectivity index is 1.42. The van der Waals surface area contributed by atoms with Crippen molar-refractivity contribution in [1.82, 2.24) is 14.8 Å². The number of benzene rings is 1. The van der Waals surface area contributed by atoms with E-state index < -0.39 is 24.0 Å². The Kier molecular flexibility index (Phi) is 6.98. The van der Waals surface area contributed by atoms with Crippen molar-refractivity contribution in [3.8, 4) is 11.5 Å². The van der Waals surface area contributed by atoms with Gasteiger partial charge in [-0.05, 0) is 25.0 Å². The summed E-state index contributed by atoms with van der Waals surface area (Å²) in [7, 11) is 0. The van der Waals surface area contributed by atoms with E-state index in [0.717, 1.165) is 11.0 Å². The number of halogens is 2. The SMILES string of the molecule is O=C(O)Nc1cc(Oc2cc(F)c(NC(=O)N3CCN(C4CCOCC4)C3=O)cc2Cl)ccn1. The van der Waals surface area contributed by atoms with Crippen molar-refractivity contribution in [3.63, 3.8) is 0 Å². The summed E-state index contributed by atoms with van der Waals surface area (Å²) in [5.74, 6) is -0.727. The van der Waals surface area contributed by atoms with E-state index in [0.29, 0.717) is 32.6 Å². The molecule has 3 heterocycles. The van der Waals surface area contributed by atoms with Crippen molar-refractivity contribution in [2.45, 2.75) is 18.9 Å². The Morgan fingerprint density at radius 1 is 1.21 bits per heavy atom. The van der Waals surface area contributed by atoms with Crippen LogP contribution in [0.3, 0.4) is 0 Å². The number of carbonyl (C=O) groups excluding carboxylic acids is 2. The molecule has 0 bridgehead atoms. The zero-order chi connectivity index (χ0) is 24.2. The molecule has 0 atom stereocenters. The Bertz CT molecular complexity index is 1110. The minimum absolute atomic E-state index is 0.00977. The number of nitrogens with one attached hydrogen (secondary N) is 2. The monoisotopic (exact) mass is 493 g/mol. The van der Waals surface area contributed by atoms with E-state index in [-0.39, 0.29) is 40.6 Å². The number of hydrogen-bond acceptors (Lipinski definition) is 6. The minimum Gasteiger partial charge on any atom is -0.465 e. The molecule has 0 radical (unpaired) electrons. The first-order valence-electron chi connectivity index (χ1n) is 10.4. The van der Waals surface area contributed by atoms with Gasteiger partial charge in [0.2, 0.25) is 0 Å². The van der Waals surface area contributed by atoms with Crippen molar-refractivity contribution in [2.24, 2.45) is 0 Å². The summed E-state index contributed by atoms with van der Waals surface area (Å²) in [5, 5.41) is 13.2. The lowest BCUT2D eigenvalue weighted by molar-refractivity contribution is 0.0510. The van der Waals surface area contributed by atoms with E-state index in [1.165, 1.54) is 24.4 Å². The molecule has 0 saturated carbocycles. The van der Waals surface area contributed by atoms with Crippen LogP contribution in [0.15, 0.2) is 30.5 Å². The van der Waals surface area contributed by atoms with Crippen LogP contribution in [-0.4, -0.2) is 70.4 Å². The number of rotatable bonds is 5. The number of anilines is 2. The van der Waals surface area contributed by atoms with Gasteiger partial charge in [0.1, 0.15) is 17.3 Å². The van der Waals surface area contributed by atoms with Gasteiger partial charge in [0.25, 0.3) is 0 Å². The molecule has 11 nitrogen and oxygen atoms in total. The molecule has 1 aromatic heterocycles. The quantitative estimate of drug-likeness (QED) is 0.568. The van der Waals surface area contributed by atoms with Crippen LogP contribution in [-0.2, 0) is 4.74 Å². The fourth-order valence-electron chi connectivity index (χ4n) is 3.74. The molecule has 2 aliphatic rings. The number of carboxylic acid groups (broad SMARTS) is 1. The number of ether oxygens (including phenoxy) is 2. The highest BCUT2D eigenvalue weighted by atomic mass is 35.5. The number of aromatic nitrogens is 1. The van der Waals surface area contributed by atoms with Crippen LogP contribution < -0.4 is 15.4 Å². The van der Waals surface area contributed by atoms with Crippen LogP contribution in [0.1, 0.15) is 12.8 Å². The topological polar surface area (TPSA) is 133 Å². The summed E-state index contributed by atoms with van der Waals surface area (Å²) in [4.78, 5) is 42.6. The molecule has 3 N–H and O–H groups in total. The van der Waals surface area contributed by atoms with Crippen LogP contribution in [0, 0.1) is 5.82 Å². The van der Waals surface area contributed by atoms with Gasteiger partial charge in [0.05, 0.1) is 10.7 Å². The van der Waals surface area contributed by atoms with E-state index in [1.807, 2.05) is 0 Å². The Morgan fingerprint density at radius 2 is 1.97 bits per heavy atom. The lowest BCUT2D eigenvalue weighted by Gasteiger charge is -2.30. The zero-order valence-corrected chi connectivity index (χ0v) is 18.5. The van der Waals surface area contributed by atoms with E-state index in [9.17, 15) is 18.8 Å². The number of nitrogens with zero attached hydrogens (tertiary/aromatic N) is 3. The second-order valence-electron chi connectivity index (χ2n) is 7.57. The largest absolute Gasteiger partial charge is 0.465 e. The van der Waals surface area contributed by atoms with Crippen LogP contribution in [0.2, 0.25) is 5.02 Å². The van der Waals surface area contributed by atoms with Crippen LogP contribution in [0.5, 0.6) is 11.5 Å². The average Bonchev–Trinajstić information content (AvgIpc) is 3.19. The van der Waals surface area contributed by atoms with E-state index in [4.69, 9.17) is 26.2 Å². The molecule has 4 rings (SSSR count). The molecule has 2 fully saturated rings. The van der Waals surface area contributed by atoms with Gasteiger partial charge >= 0.3 is 18.2 Å². The highest BCUT2D eigenvalue weighted by molar-refractivity contribution is 6.32. The molecule has 34 heavy (non-hydrogen) atoms. The predicted octanol–water partition coefficient (Wildman–Crippen LogP) is 4.20.